The van der Waals surface area contributed by atoms with Gasteiger partial charge in [0.1, 0.15) is 5.78 Å². The minimum absolute atomic E-state index is 0.492. The van der Waals surface area contributed by atoms with Crippen LogP contribution in [0, 0.1) is 0 Å². The molecule has 0 spiro atoms. The predicted octanol–water partition coefficient (Wildman–Crippen LogP) is 1.24. The van der Waals surface area contributed by atoms with Crippen molar-refractivity contribution in [2.75, 3.05) is 13.1 Å². The molecule has 0 aliphatic heterocycles. The van der Waals surface area contributed by atoms with E-state index in [4.69, 9.17) is 9.79 Å². The average molecular weight is 195 g/mol. The van der Waals surface area contributed by atoms with E-state index >= 15 is 0 Å². The molecule has 4 nitrogen and oxygen atoms in total. The molecule has 0 radical (unpaired) electrons. The second-order valence-electron chi connectivity index (χ2n) is 2.70. The molecule has 0 fully saturated rings. The number of hydrogen-bond donors (Lipinski definition) is 2. The Hall–Kier alpha value is 0.110. The van der Waals surface area contributed by atoms with Crippen LogP contribution in [0.5, 0.6) is 0 Å². The lowest BCUT2D eigenvalue weighted by atomic mass is 10.4. The van der Waals surface area contributed by atoms with Gasteiger partial charge in [-0.05, 0) is 19.5 Å². The van der Waals surface area contributed by atoms with Crippen molar-refractivity contribution in [1.29, 1.82) is 0 Å². The van der Waals surface area contributed by atoms with Gasteiger partial charge < -0.3 is 9.79 Å². The van der Waals surface area contributed by atoms with Crippen LogP contribution in [-0.2, 0) is 4.57 Å². The zero-order chi connectivity index (χ0) is 9.78. The SMILES string of the molecule is CCC(N(CC)CC)P(=O)(O)O. The molecule has 0 aliphatic rings. The second kappa shape index (κ2) is 4.97. The van der Waals surface area contributed by atoms with Gasteiger partial charge in [0.25, 0.3) is 0 Å². The van der Waals surface area contributed by atoms with E-state index < -0.39 is 13.4 Å². The molecule has 1 atom stereocenters. The van der Waals surface area contributed by atoms with Crippen molar-refractivity contribution >= 4 is 7.60 Å². The lowest BCUT2D eigenvalue weighted by molar-refractivity contribution is 0.226. The highest BCUT2D eigenvalue weighted by Gasteiger charge is 2.30. The molecule has 2 N–H and O–H groups in total. The Morgan fingerprint density at radius 2 is 1.67 bits per heavy atom. The van der Waals surface area contributed by atoms with Gasteiger partial charge in [-0.1, -0.05) is 20.8 Å². The molecule has 0 aromatic rings. The van der Waals surface area contributed by atoms with Crippen molar-refractivity contribution < 1.29 is 14.4 Å². The predicted molar refractivity (Wildman–Crippen MR) is 49.0 cm³/mol. The van der Waals surface area contributed by atoms with Crippen LogP contribution in [0.25, 0.3) is 0 Å². The summed E-state index contributed by atoms with van der Waals surface area (Å²) in [6, 6.07) is 0. The molecular formula is C7H18NO3P. The van der Waals surface area contributed by atoms with Gasteiger partial charge in [-0.3, -0.25) is 9.46 Å². The van der Waals surface area contributed by atoms with Gasteiger partial charge in [0.05, 0.1) is 0 Å². The third-order valence-electron chi connectivity index (χ3n) is 1.99. The maximum Gasteiger partial charge on any atom is 0.342 e. The quantitative estimate of drug-likeness (QED) is 0.648. The van der Waals surface area contributed by atoms with Gasteiger partial charge in [-0.15, -0.1) is 0 Å². The van der Waals surface area contributed by atoms with Gasteiger partial charge in [0.15, 0.2) is 0 Å². The molecule has 74 valence electrons. The zero-order valence-corrected chi connectivity index (χ0v) is 8.79. The molecule has 0 amide bonds. The molecule has 12 heavy (non-hydrogen) atoms. The summed E-state index contributed by atoms with van der Waals surface area (Å²) in [5, 5.41) is 0. The molecule has 1 unspecified atom stereocenters. The Bertz CT molecular complexity index is 164. The van der Waals surface area contributed by atoms with Gasteiger partial charge in [0, 0.05) is 0 Å². The van der Waals surface area contributed by atoms with E-state index in [1.54, 1.807) is 11.8 Å². The van der Waals surface area contributed by atoms with Gasteiger partial charge in [-0.25, -0.2) is 0 Å². The number of rotatable bonds is 5. The third kappa shape index (κ3) is 3.23. The maximum atomic E-state index is 11.0. The van der Waals surface area contributed by atoms with Crippen LogP contribution < -0.4 is 0 Å². The topological polar surface area (TPSA) is 60.8 Å². The van der Waals surface area contributed by atoms with Crippen molar-refractivity contribution in [3.8, 4) is 0 Å². The summed E-state index contributed by atoms with van der Waals surface area (Å²) in [7, 11) is -3.94. The maximum absolute atomic E-state index is 11.0. The van der Waals surface area contributed by atoms with Gasteiger partial charge in [0.2, 0.25) is 0 Å². The Labute approximate surface area is 73.7 Å². The summed E-state index contributed by atoms with van der Waals surface area (Å²) in [6.45, 7) is 6.96. The van der Waals surface area contributed by atoms with Gasteiger partial charge in [-0.2, -0.15) is 0 Å². The summed E-state index contributed by atoms with van der Waals surface area (Å²) < 4.78 is 11.0. The van der Waals surface area contributed by atoms with E-state index in [2.05, 4.69) is 0 Å². The van der Waals surface area contributed by atoms with E-state index in [1.807, 2.05) is 13.8 Å². The molecule has 0 aliphatic carbocycles. The Morgan fingerprint density at radius 3 is 1.75 bits per heavy atom. The summed E-state index contributed by atoms with van der Waals surface area (Å²) in [5.74, 6) is -0.604. The highest BCUT2D eigenvalue weighted by atomic mass is 31.2. The molecule has 0 saturated heterocycles. The Kier molecular flexibility index (Phi) is 5.02. The van der Waals surface area contributed by atoms with E-state index in [-0.39, 0.29) is 0 Å². The normalized spacial score (nSPS) is 15.2. The van der Waals surface area contributed by atoms with Crippen molar-refractivity contribution in [2.24, 2.45) is 0 Å². The van der Waals surface area contributed by atoms with Gasteiger partial charge >= 0.3 is 7.60 Å². The monoisotopic (exact) mass is 195 g/mol. The lowest BCUT2D eigenvalue weighted by Crippen LogP contribution is -2.34. The van der Waals surface area contributed by atoms with Crippen LogP contribution in [0.1, 0.15) is 27.2 Å². The fourth-order valence-corrected chi connectivity index (χ4v) is 2.58. The number of nitrogens with zero attached hydrogens (tertiary/aromatic N) is 1. The van der Waals surface area contributed by atoms with E-state index in [0.29, 0.717) is 19.5 Å². The Morgan fingerprint density at radius 1 is 1.25 bits per heavy atom. The lowest BCUT2D eigenvalue weighted by Gasteiger charge is -2.28. The minimum Gasteiger partial charge on any atom is -0.323 e. The summed E-state index contributed by atoms with van der Waals surface area (Å²) in [4.78, 5) is 19.8. The van der Waals surface area contributed by atoms with Crippen LogP contribution in [0.3, 0.4) is 0 Å². The summed E-state index contributed by atoms with van der Waals surface area (Å²) in [5.41, 5.74) is 0. The first-order valence-corrected chi connectivity index (χ1v) is 5.94. The highest BCUT2D eigenvalue weighted by molar-refractivity contribution is 7.52. The van der Waals surface area contributed by atoms with Crippen LogP contribution in [0.2, 0.25) is 0 Å². The van der Waals surface area contributed by atoms with Crippen LogP contribution in [0.15, 0.2) is 0 Å². The molecule has 0 rings (SSSR count). The fraction of sp³-hybridized carbons (Fsp3) is 1.00. The minimum atomic E-state index is -3.94. The first-order valence-electron chi connectivity index (χ1n) is 4.26. The fourth-order valence-electron chi connectivity index (χ4n) is 1.35. The molecule has 0 aromatic heterocycles. The standard InChI is InChI=1S/C7H18NO3P/c1-4-7(12(9,10)11)8(5-2)6-3/h7H,4-6H2,1-3H3,(H2,9,10,11). The molecule has 5 heteroatoms. The molecule has 0 aromatic carbocycles. The average Bonchev–Trinajstić information content (AvgIpc) is 1.97. The van der Waals surface area contributed by atoms with Crippen LogP contribution in [0.4, 0.5) is 0 Å². The molecule has 0 bridgehead atoms. The van der Waals surface area contributed by atoms with E-state index in [1.165, 1.54) is 0 Å². The summed E-state index contributed by atoms with van der Waals surface area (Å²) >= 11 is 0. The Balaban J connectivity index is 4.42. The van der Waals surface area contributed by atoms with Crippen molar-refractivity contribution in [2.45, 2.75) is 33.0 Å². The van der Waals surface area contributed by atoms with Crippen molar-refractivity contribution in [3.05, 3.63) is 0 Å². The molecule has 0 saturated carbocycles. The largest absolute Gasteiger partial charge is 0.342 e. The van der Waals surface area contributed by atoms with Crippen LogP contribution >= 0.6 is 7.60 Å². The molecular weight excluding hydrogens is 177 g/mol. The second-order valence-corrected chi connectivity index (χ2v) is 4.47. The van der Waals surface area contributed by atoms with E-state index in [0.717, 1.165) is 0 Å². The number of hydrogen-bond acceptors (Lipinski definition) is 2. The van der Waals surface area contributed by atoms with Crippen molar-refractivity contribution in [3.63, 3.8) is 0 Å². The first kappa shape index (κ1) is 12.1. The molecule has 0 heterocycles. The highest BCUT2D eigenvalue weighted by Crippen LogP contribution is 2.44. The summed E-state index contributed by atoms with van der Waals surface area (Å²) in [6.07, 6.45) is 0.492. The zero-order valence-electron chi connectivity index (χ0n) is 7.90. The van der Waals surface area contributed by atoms with Crippen LogP contribution in [-0.4, -0.2) is 33.6 Å². The van der Waals surface area contributed by atoms with Crippen molar-refractivity contribution in [1.82, 2.24) is 4.90 Å². The third-order valence-corrected chi connectivity index (χ3v) is 3.46. The van der Waals surface area contributed by atoms with E-state index in [9.17, 15) is 4.57 Å². The first-order chi connectivity index (χ1) is 5.47. The smallest absolute Gasteiger partial charge is 0.323 e.